The van der Waals surface area contributed by atoms with Gasteiger partial charge in [-0.15, -0.1) is 0 Å². The van der Waals surface area contributed by atoms with E-state index in [0.29, 0.717) is 6.54 Å². The molecule has 0 radical (unpaired) electrons. The minimum atomic E-state index is -1.07. The van der Waals surface area contributed by atoms with Crippen molar-refractivity contribution in [1.29, 1.82) is 0 Å². The van der Waals surface area contributed by atoms with Gasteiger partial charge in [0.1, 0.15) is 11.4 Å². The van der Waals surface area contributed by atoms with Gasteiger partial charge in [0.15, 0.2) is 0 Å². The highest BCUT2D eigenvalue weighted by Crippen LogP contribution is 2.34. The Morgan fingerprint density at radius 3 is 2.62 bits per heavy atom. The monoisotopic (exact) mass is 352 g/mol. The zero-order chi connectivity index (χ0) is 18.5. The third-order valence-corrected chi connectivity index (χ3v) is 5.53. The molecule has 2 aromatic carbocycles. The Kier molecular flexibility index (Phi) is 4.13. The molecule has 4 rings (SSSR count). The summed E-state index contributed by atoms with van der Waals surface area (Å²) in [6.45, 7) is 6.32. The summed E-state index contributed by atoms with van der Waals surface area (Å²) >= 11 is 0. The molecule has 1 atom stereocenters. The third-order valence-electron chi connectivity index (χ3n) is 5.53. The van der Waals surface area contributed by atoms with Crippen LogP contribution in [0.25, 0.3) is 10.9 Å². The lowest BCUT2D eigenvalue weighted by atomic mass is 9.95. The van der Waals surface area contributed by atoms with E-state index in [2.05, 4.69) is 41.6 Å². The van der Waals surface area contributed by atoms with Crippen molar-refractivity contribution in [1.82, 2.24) is 9.47 Å². The normalized spacial score (nSPS) is 17.3. The lowest BCUT2D eigenvalue weighted by Crippen LogP contribution is -2.31. The van der Waals surface area contributed by atoms with Crippen LogP contribution < -0.4 is 0 Å². The summed E-state index contributed by atoms with van der Waals surface area (Å²) in [6.07, 6.45) is 0.971. The molecule has 0 saturated carbocycles. The summed E-state index contributed by atoms with van der Waals surface area (Å²) < 4.78 is 15.5. The fourth-order valence-electron chi connectivity index (χ4n) is 4.09. The Bertz CT molecular complexity index is 956. The number of benzene rings is 2. The molecule has 3 nitrogen and oxygen atoms in total. The van der Waals surface area contributed by atoms with Crippen molar-refractivity contribution in [3.8, 4) is 0 Å². The number of aliphatic hydroxyl groups is 1. The molecule has 1 aliphatic rings. The number of halogens is 1. The molecule has 1 unspecified atom stereocenters. The lowest BCUT2D eigenvalue weighted by molar-refractivity contribution is 0.0384. The minimum Gasteiger partial charge on any atom is -0.384 e. The van der Waals surface area contributed by atoms with Gasteiger partial charge < -0.3 is 14.6 Å². The van der Waals surface area contributed by atoms with Crippen molar-refractivity contribution in [2.45, 2.75) is 39.0 Å². The molecule has 0 aliphatic carbocycles. The molecule has 0 fully saturated rings. The number of hydrogen-bond donors (Lipinski definition) is 1. The zero-order valence-electron chi connectivity index (χ0n) is 15.6. The van der Waals surface area contributed by atoms with Crippen molar-refractivity contribution in [2.24, 2.45) is 0 Å². The molecule has 0 spiro atoms. The van der Waals surface area contributed by atoms with Gasteiger partial charge >= 0.3 is 0 Å². The topological polar surface area (TPSA) is 28.4 Å². The van der Waals surface area contributed by atoms with Gasteiger partial charge in [-0.3, -0.25) is 0 Å². The average molecular weight is 352 g/mol. The van der Waals surface area contributed by atoms with E-state index < -0.39 is 5.60 Å². The molecule has 4 heteroatoms. The van der Waals surface area contributed by atoms with Crippen molar-refractivity contribution < 1.29 is 9.50 Å². The first-order valence-corrected chi connectivity index (χ1v) is 9.13. The van der Waals surface area contributed by atoms with Gasteiger partial charge in [-0.2, -0.15) is 0 Å². The molecule has 1 aromatic heterocycles. The van der Waals surface area contributed by atoms with Gasteiger partial charge in [-0.1, -0.05) is 23.8 Å². The third kappa shape index (κ3) is 2.93. The van der Waals surface area contributed by atoms with Crippen LogP contribution in [-0.2, 0) is 25.1 Å². The molecule has 0 amide bonds. The summed E-state index contributed by atoms with van der Waals surface area (Å²) in [4.78, 5) is 2.34. The molecule has 2 heterocycles. The van der Waals surface area contributed by atoms with Crippen LogP contribution in [0.15, 0.2) is 42.5 Å². The summed E-state index contributed by atoms with van der Waals surface area (Å²) in [7, 11) is 2.15. The van der Waals surface area contributed by atoms with Crippen molar-refractivity contribution in [3.63, 3.8) is 0 Å². The molecule has 26 heavy (non-hydrogen) atoms. The van der Waals surface area contributed by atoms with Gasteiger partial charge in [0, 0.05) is 36.1 Å². The second-order valence-corrected chi connectivity index (χ2v) is 7.80. The number of aromatic nitrogens is 1. The molecular weight excluding hydrogens is 327 g/mol. The van der Waals surface area contributed by atoms with Gasteiger partial charge in [0.05, 0.1) is 6.54 Å². The maximum absolute atomic E-state index is 13.3. The first-order chi connectivity index (χ1) is 12.3. The lowest BCUT2D eigenvalue weighted by Gasteiger charge is -2.29. The summed E-state index contributed by atoms with van der Waals surface area (Å²) in [5, 5.41) is 12.4. The smallest absolute Gasteiger partial charge is 0.123 e. The minimum absolute atomic E-state index is 0.285. The van der Waals surface area contributed by atoms with E-state index in [9.17, 15) is 9.50 Å². The Morgan fingerprint density at radius 1 is 1.15 bits per heavy atom. The van der Waals surface area contributed by atoms with Crippen LogP contribution in [0.3, 0.4) is 0 Å². The van der Waals surface area contributed by atoms with Crippen molar-refractivity contribution in [2.75, 3.05) is 13.6 Å². The number of rotatable bonds is 3. The average Bonchev–Trinajstić information content (AvgIpc) is 2.87. The molecule has 0 saturated heterocycles. The Hall–Kier alpha value is -2.17. The van der Waals surface area contributed by atoms with E-state index in [1.807, 2.05) is 6.92 Å². The van der Waals surface area contributed by atoms with Crippen LogP contribution in [0.4, 0.5) is 4.39 Å². The van der Waals surface area contributed by atoms with E-state index >= 15 is 0 Å². The summed E-state index contributed by atoms with van der Waals surface area (Å²) in [6, 6.07) is 12.7. The maximum Gasteiger partial charge on any atom is 0.123 e. The highest BCUT2D eigenvalue weighted by Gasteiger charge is 2.29. The SMILES string of the molecule is Cc1ccc2c(c1)c1c(n2CC(C)(O)c2ccc(F)cc2)CCN(C)C1. The van der Waals surface area contributed by atoms with Crippen LogP contribution >= 0.6 is 0 Å². The van der Waals surface area contributed by atoms with Crippen LogP contribution in [0.1, 0.15) is 29.3 Å². The van der Waals surface area contributed by atoms with E-state index in [-0.39, 0.29) is 5.82 Å². The van der Waals surface area contributed by atoms with E-state index in [4.69, 9.17) is 0 Å². The number of hydrogen-bond acceptors (Lipinski definition) is 2. The second kappa shape index (κ2) is 6.22. The first kappa shape index (κ1) is 17.3. The maximum atomic E-state index is 13.3. The van der Waals surface area contributed by atoms with E-state index in [1.165, 1.54) is 39.9 Å². The van der Waals surface area contributed by atoms with Crippen LogP contribution in [-0.4, -0.2) is 28.2 Å². The molecule has 3 aromatic rings. The standard InChI is InChI=1S/C22H25FN2O/c1-15-4-9-20-18(12-15)19-13-24(3)11-10-21(19)25(20)14-22(2,26)16-5-7-17(23)8-6-16/h4-9,12,26H,10-11,13-14H2,1-3H3. The fraction of sp³-hybridized carbons (Fsp3) is 0.364. The molecule has 1 N–H and O–H groups in total. The molecule has 0 bridgehead atoms. The van der Waals surface area contributed by atoms with Crippen LogP contribution in [0.2, 0.25) is 0 Å². The Labute approximate surface area is 153 Å². The zero-order valence-corrected chi connectivity index (χ0v) is 15.6. The van der Waals surface area contributed by atoms with Gasteiger partial charge in [-0.25, -0.2) is 4.39 Å². The van der Waals surface area contributed by atoms with E-state index in [0.717, 1.165) is 25.1 Å². The summed E-state index contributed by atoms with van der Waals surface area (Å²) in [5.74, 6) is -0.285. The Morgan fingerprint density at radius 2 is 1.88 bits per heavy atom. The number of fused-ring (bicyclic) bond motifs is 3. The quantitative estimate of drug-likeness (QED) is 0.772. The predicted molar refractivity (Wildman–Crippen MR) is 103 cm³/mol. The van der Waals surface area contributed by atoms with E-state index in [1.54, 1.807) is 12.1 Å². The van der Waals surface area contributed by atoms with Gasteiger partial charge in [0.2, 0.25) is 0 Å². The predicted octanol–water partition coefficient (Wildman–Crippen LogP) is 3.98. The first-order valence-electron chi connectivity index (χ1n) is 9.13. The highest BCUT2D eigenvalue weighted by molar-refractivity contribution is 5.86. The number of likely N-dealkylation sites (N-methyl/N-ethyl adjacent to an activating group) is 1. The summed E-state index contributed by atoms with van der Waals surface area (Å²) in [5.41, 5.74) is 4.75. The largest absolute Gasteiger partial charge is 0.384 e. The molecule has 136 valence electrons. The molecular formula is C22H25FN2O. The highest BCUT2D eigenvalue weighted by atomic mass is 19.1. The number of aryl methyl sites for hydroxylation is 1. The van der Waals surface area contributed by atoms with Crippen LogP contribution in [0, 0.1) is 12.7 Å². The number of nitrogens with zero attached hydrogens (tertiary/aromatic N) is 2. The fourth-order valence-corrected chi connectivity index (χ4v) is 4.09. The van der Waals surface area contributed by atoms with Crippen molar-refractivity contribution in [3.05, 3.63) is 70.7 Å². The Balaban J connectivity index is 1.82. The van der Waals surface area contributed by atoms with Crippen LogP contribution in [0.5, 0.6) is 0 Å². The molecule has 1 aliphatic heterocycles. The van der Waals surface area contributed by atoms with Gasteiger partial charge in [-0.05, 0) is 56.3 Å². The van der Waals surface area contributed by atoms with Crippen molar-refractivity contribution >= 4 is 10.9 Å². The van der Waals surface area contributed by atoms with Gasteiger partial charge in [0.25, 0.3) is 0 Å². The second-order valence-electron chi connectivity index (χ2n) is 7.80.